The van der Waals surface area contributed by atoms with Crippen molar-refractivity contribution in [1.29, 1.82) is 0 Å². The van der Waals surface area contributed by atoms with Gasteiger partial charge in [0.25, 0.3) is 0 Å². The van der Waals surface area contributed by atoms with Crippen LogP contribution >= 0.6 is 0 Å². The number of hydrogen-bond acceptors (Lipinski definition) is 2. The molecule has 0 amide bonds. The van der Waals surface area contributed by atoms with Gasteiger partial charge in [-0.15, -0.1) is 0 Å². The Hall–Kier alpha value is -2.20. The fourth-order valence-corrected chi connectivity index (χ4v) is 2.23. The summed E-state index contributed by atoms with van der Waals surface area (Å²) in [6.07, 6.45) is 1.70. The van der Waals surface area contributed by atoms with Crippen LogP contribution in [0.25, 0.3) is 11.0 Å². The van der Waals surface area contributed by atoms with E-state index in [4.69, 9.17) is 0 Å². The molecule has 3 aromatic rings. The number of hydrogen-bond donors (Lipinski definition) is 2. The highest BCUT2D eigenvalue weighted by Gasteiger charge is 2.05. The Balaban J connectivity index is 1.67. The Kier molecular flexibility index (Phi) is 3.48. The number of aromatic nitrogens is 2. The third kappa shape index (κ3) is 2.70. The van der Waals surface area contributed by atoms with Gasteiger partial charge in [0.15, 0.2) is 0 Å². The monoisotopic (exact) mass is 269 g/mol. The van der Waals surface area contributed by atoms with E-state index < -0.39 is 0 Å². The highest BCUT2D eigenvalue weighted by atomic mass is 19.1. The van der Waals surface area contributed by atoms with E-state index in [1.54, 1.807) is 6.33 Å². The third-order valence-corrected chi connectivity index (χ3v) is 3.47. The maximum atomic E-state index is 12.9. The van der Waals surface area contributed by atoms with Gasteiger partial charge in [0.05, 0.1) is 17.4 Å². The molecule has 4 heteroatoms. The number of aromatic amines is 1. The van der Waals surface area contributed by atoms with E-state index in [0.29, 0.717) is 0 Å². The predicted octanol–water partition coefficient (Wildman–Crippen LogP) is 3.55. The van der Waals surface area contributed by atoms with Crippen LogP contribution in [0.2, 0.25) is 0 Å². The van der Waals surface area contributed by atoms with E-state index in [9.17, 15) is 4.39 Å². The van der Waals surface area contributed by atoms with Gasteiger partial charge in [-0.1, -0.05) is 18.2 Å². The molecule has 1 unspecified atom stereocenters. The summed E-state index contributed by atoms with van der Waals surface area (Å²) in [6.45, 7) is 2.82. The molecule has 0 aliphatic heterocycles. The van der Waals surface area contributed by atoms with Crippen LogP contribution in [-0.2, 0) is 6.54 Å². The molecule has 0 fully saturated rings. The molecule has 2 aromatic carbocycles. The lowest BCUT2D eigenvalue weighted by molar-refractivity contribution is 0.571. The summed E-state index contributed by atoms with van der Waals surface area (Å²) in [4.78, 5) is 7.33. The van der Waals surface area contributed by atoms with Gasteiger partial charge in [-0.2, -0.15) is 0 Å². The summed E-state index contributed by atoms with van der Waals surface area (Å²) >= 11 is 0. The highest BCUT2D eigenvalue weighted by Crippen LogP contribution is 2.15. The van der Waals surface area contributed by atoms with E-state index in [0.717, 1.165) is 23.1 Å². The fourth-order valence-electron chi connectivity index (χ4n) is 2.23. The van der Waals surface area contributed by atoms with E-state index >= 15 is 0 Å². The molecular weight excluding hydrogens is 253 g/mol. The molecule has 3 rings (SSSR count). The average Bonchev–Trinajstić information content (AvgIpc) is 2.93. The van der Waals surface area contributed by atoms with Crippen molar-refractivity contribution in [2.24, 2.45) is 0 Å². The molecule has 0 aliphatic rings. The Morgan fingerprint density at radius 3 is 2.80 bits per heavy atom. The lowest BCUT2D eigenvalue weighted by Crippen LogP contribution is -2.18. The molecule has 1 heterocycles. The van der Waals surface area contributed by atoms with E-state index in [1.165, 1.54) is 17.7 Å². The third-order valence-electron chi connectivity index (χ3n) is 3.47. The van der Waals surface area contributed by atoms with Crippen molar-refractivity contribution in [2.75, 3.05) is 0 Å². The SMILES string of the molecule is CC(NCc1ccc2[nH]cnc2c1)c1ccc(F)cc1. The van der Waals surface area contributed by atoms with Crippen LogP contribution in [0.1, 0.15) is 24.1 Å². The maximum absolute atomic E-state index is 12.9. The zero-order valence-electron chi connectivity index (χ0n) is 11.2. The number of benzene rings is 2. The van der Waals surface area contributed by atoms with Crippen LogP contribution < -0.4 is 5.32 Å². The number of halogens is 1. The van der Waals surface area contributed by atoms with Crippen LogP contribution in [0, 0.1) is 5.82 Å². The van der Waals surface area contributed by atoms with Gasteiger partial charge in [0, 0.05) is 12.6 Å². The summed E-state index contributed by atoms with van der Waals surface area (Å²) < 4.78 is 12.9. The quantitative estimate of drug-likeness (QED) is 0.760. The van der Waals surface area contributed by atoms with E-state index in [2.05, 4.69) is 34.3 Å². The zero-order valence-corrected chi connectivity index (χ0v) is 11.2. The van der Waals surface area contributed by atoms with Gasteiger partial charge >= 0.3 is 0 Å². The van der Waals surface area contributed by atoms with Gasteiger partial charge < -0.3 is 10.3 Å². The first-order valence-corrected chi connectivity index (χ1v) is 6.63. The molecule has 0 radical (unpaired) electrons. The number of nitrogens with one attached hydrogen (secondary N) is 2. The van der Waals surface area contributed by atoms with Crippen LogP contribution in [-0.4, -0.2) is 9.97 Å². The van der Waals surface area contributed by atoms with Gasteiger partial charge in [-0.05, 0) is 42.3 Å². The summed E-state index contributed by atoms with van der Waals surface area (Å²) in [5.41, 5.74) is 4.27. The van der Waals surface area contributed by atoms with E-state index in [-0.39, 0.29) is 11.9 Å². The van der Waals surface area contributed by atoms with E-state index in [1.807, 2.05) is 18.2 Å². The molecular formula is C16H16FN3. The van der Waals surface area contributed by atoms with Crippen molar-refractivity contribution >= 4 is 11.0 Å². The Morgan fingerprint density at radius 1 is 1.20 bits per heavy atom. The van der Waals surface area contributed by atoms with Crippen molar-refractivity contribution in [1.82, 2.24) is 15.3 Å². The van der Waals surface area contributed by atoms with Gasteiger partial charge in [0.1, 0.15) is 5.82 Å². The first-order valence-electron chi connectivity index (χ1n) is 6.63. The lowest BCUT2D eigenvalue weighted by Gasteiger charge is -2.14. The molecule has 3 nitrogen and oxygen atoms in total. The minimum atomic E-state index is -0.204. The predicted molar refractivity (Wildman–Crippen MR) is 77.7 cm³/mol. The second kappa shape index (κ2) is 5.43. The standard InChI is InChI=1S/C16H16FN3/c1-11(13-3-5-14(17)6-4-13)18-9-12-2-7-15-16(8-12)20-10-19-15/h2-8,10-11,18H,9H2,1H3,(H,19,20). The van der Waals surface area contributed by atoms with Crippen LogP contribution in [0.5, 0.6) is 0 Å². The first kappa shape index (κ1) is 12.8. The van der Waals surface area contributed by atoms with Gasteiger partial charge in [-0.3, -0.25) is 0 Å². The molecule has 0 bridgehead atoms. The molecule has 0 spiro atoms. The Bertz CT molecular complexity index is 703. The average molecular weight is 269 g/mol. The highest BCUT2D eigenvalue weighted by molar-refractivity contribution is 5.74. The van der Waals surface area contributed by atoms with Crippen LogP contribution in [0.3, 0.4) is 0 Å². The topological polar surface area (TPSA) is 40.7 Å². The first-order chi connectivity index (χ1) is 9.72. The largest absolute Gasteiger partial charge is 0.345 e. The van der Waals surface area contributed by atoms with Crippen molar-refractivity contribution in [3.8, 4) is 0 Å². The number of rotatable bonds is 4. The second-order valence-electron chi connectivity index (χ2n) is 4.91. The second-order valence-corrected chi connectivity index (χ2v) is 4.91. The summed E-state index contributed by atoms with van der Waals surface area (Å²) in [5, 5.41) is 3.43. The van der Waals surface area contributed by atoms with Crippen molar-refractivity contribution in [2.45, 2.75) is 19.5 Å². The number of nitrogens with zero attached hydrogens (tertiary/aromatic N) is 1. The molecule has 0 aliphatic carbocycles. The molecule has 0 saturated heterocycles. The molecule has 0 saturated carbocycles. The van der Waals surface area contributed by atoms with Crippen molar-refractivity contribution in [3.05, 3.63) is 65.7 Å². The van der Waals surface area contributed by atoms with Crippen molar-refractivity contribution < 1.29 is 4.39 Å². The number of fused-ring (bicyclic) bond motifs is 1. The molecule has 1 atom stereocenters. The number of H-pyrrole nitrogens is 1. The van der Waals surface area contributed by atoms with Gasteiger partial charge in [0.2, 0.25) is 0 Å². The minimum Gasteiger partial charge on any atom is -0.345 e. The summed E-state index contributed by atoms with van der Waals surface area (Å²) in [7, 11) is 0. The van der Waals surface area contributed by atoms with Gasteiger partial charge in [-0.25, -0.2) is 9.37 Å². The minimum absolute atomic E-state index is 0.172. The smallest absolute Gasteiger partial charge is 0.123 e. The number of imidazole rings is 1. The van der Waals surface area contributed by atoms with Crippen LogP contribution in [0.4, 0.5) is 4.39 Å². The Labute approximate surface area is 116 Å². The van der Waals surface area contributed by atoms with Crippen LogP contribution in [0.15, 0.2) is 48.8 Å². The Morgan fingerprint density at radius 2 is 2.00 bits per heavy atom. The fraction of sp³-hybridized carbons (Fsp3) is 0.188. The maximum Gasteiger partial charge on any atom is 0.123 e. The van der Waals surface area contributed by atoms with Crippen molar-refractivity contribution in [3.63, 3.8) is 0 Å². The normalized spacial score (nSPS) is 12.7. The summed E-state index contributed by atoms with van der Waals surface area (Å²) in [6, 6.07) is 12.9. The molecule has 1 aromatic heterocycles. The molecule has 2 N–H and O–H groups in total. The summed E-state index contributed by atoms with van der Waals surface area (Å²) in [5.74, 6) is -0.204. The lowest BCUT2D eigenvalue weighted by atomic mass is 10.1. The molecule has 102 valence electrons. The molecule has 20 heavy (non-hydrogen) atoms. The zero-order chi connectivity index (χ0) is 13.9.